The number of oxazole rings is 1. The van der Waals surface area contributed by atoms with Gasteiger partial charge in [-0.25, -0.2) is 4.98 Å². The fraction of sp³-hybridized carbons (Fsp3) is 0.615. The molecule has 3 rings (SSSR count). The Morgan fingerprint density at radius 1 is 1.41 bits per heavy atom. The van der Waals surface area contributed by atoms with Crippen LogP contribution in [0.2, 0.25) is 0 Å². The van der Waals surface area contributed by atoms with Gasteiger partial charge in [0.25, 0.3) is 0 Å². The highest BCUT2D eigenvalue weighted by molar-refractivity contribution is 5.11. The van der Waals surface area contributed by atoms with Crippen molar-refractivity contribution in [2.24, 2.45) is 5.92 Å². The molecule has 22 heavy (non-hydrogen) atoms. The predicted octanol–water partition coefficient (Wildman–Crippen LogP) is 2.56. The Morgan fingerprint density at radius 2 is 2.18 bits per heavy atom. The number of aromatic nitrogens is 3. The molecule has 0 aliphatic heterocycles. The first-order valence-corrected chi connectivity index (χ1v) is 6.86. The van der Waals surface area contributed by atoms with Crippen molar-refractivity contribution in [1.82, 2.24) is 15.1 Å². The molecule has 2 aromatic heterocycles. The molecule has 0 spiro atoms. The molecular formula is C13H14F3N3O3. The van der Waals surface area contributed by atoms with Gasteiger partial charge in [-0.3, -0.25) is 0 Å². The van der Waals surface area contributed by atoms with Gasteiger partial charge in [0.1, 0.15) is 6.26 Å². The third kappa shape index (κ3) is 2.49. The fourth-order valence-electron chi connectivity index (χ4n) is 2.44. The van der Waals surface area contributed by atoms with Crippen LogP contribution >= 0.6 is 0 Å². The lowest BCUT2D eigenvalue weighted by molar-refractivity contribution is -0.274. The largest absolute Gasteiger partial charge is 0.446 e. The van der Waals surface area contributed by atoms with Crippen LogP contribution < -0.4 is 0 Å². The molecule has 0 radical (unpaired) electrons. The van der Waals surface area contributed by atoms with E-state index in [1.165, 1.54) is 0 Å². The number of nitrogens with zero attached hydrogens (tertiary/aromatic N) is 3. The minimum Gasteiger partial charge on any atom is -0.446 e. The van der Waals surface area contributed by atoms with E-state index in [1.54, 1.807) is 0 Å². The third-order valence-corrected chi connectivity index (χ3v) is 3.92. The second kappa shape index (κ2) is 5.08. The predicted molar refractivity (Wildman–Crippen MR) is 65.6 cm³/mol. The molecule has 0 amide bonds. The van der Waals surface area contributed by atoms with E-state index in [1.807, 2.05) is 6.92 Å². The molecule has 1 N–H and O–H groups in total. The lowest BCUT2D eigenvalue weighted by atomic mass is 9.98. The summed E-state index contributed by atoms with van der Waals surface area (Å²) in [5.74, 6) is -0.216. The van der Waals surface area contributed by atoms with E-state index in [9.17, 15) is 18.3 Å². The maximum absolute atomic E-state index is 13.2. The summed E-state index contributed by atoms with van der Waals surface area (Å²) in [6.45, 7) is 2.02. The van der Waals surface area contributed by atoms with Crippen LogP contribution in [0.1, 0.15) is 43.3 Å². The lowest BCUT2D eigenvalue weighted by Gasteiger charge is -2.25. The van der Waals surface area contributed by atoms with Crippen molar-refractivity contribution >= 4 is 0 Å². The van der Waals surface area contributed by atoms with Crippen LogP contribution in [-0.4, -0.2) is 26.4 Å². The molecule has 0 bridgehead atoms. The highest BCUT2D eigenvalue weighted by Gasteiger charge is 2.59. The zero-order valence-electron chi connectivity index (χ0n) is 11.7. The van der Waals surface area contributed by atoms with Gasteiger partial charge in [-0.15, -0.1) is 0 Å². The molecule has 2 heterocycles. The summed E-state index contributed by atoms with van der Waals surface area (Å²) in [5.41, 5.74) is -3.29. The Balaban J connectivity index is 1.83. The summed E-state index contributed by atoms with van der Waals surface area (Å²) in [6, 6.07) is 0. The first-order valence-electron chi connectivity index (χ1n) is 6.86. The van der Waals surface area contributed by atoms with Gasteiger partial charge in [0.15, 0.2) is 5.82 Å². The van der Waals surface area contributed by atoms with E-state index < -0.39 is 24.1 Å². The molecule has 1 aliphatic carbocycles. The van der Waals surface area contributed by atoms with Crippen LogP contribution in [0.25, 0.3) is 0 Å². The van der Waals surface area contributed by atoms with Gasteiger partial charge >= 0.3 is 6.18 Å². The molecule has 9 heteroatoms. The van der Waals surface area contributed by atoms with Crippen LogP contribution in [0.15, 0.2) is 21.4 Å². The van der Waals surface area contributed by atoms with Crippen molar-refractivity contribution in [3.63, 3.8) is 0 Å². The SMILES string of the molecule is CC[C@@H]1C[C@H]1c1nc(CC(O)(c2ncco2)C(F)(F)F)no1. The van der Waals surface area contributed by atoms with E-state index in [0.29, 0.717) is 11.8 Å². The highest BCUT2D eigenvalue weighted by atomic mass is 19.4. The van der Waals surface area contributed by atoms with Gasteiger partial charge in [0.2, 0.25) is 17.4 Å². The van der Waals surface area contributed by atoms with Crippen LogP contribution in [-0.2, 0) is 12.0 Å². The zero-order valence-corrected chi connectivity index (χ0v) is 11.7. The molecule has 1 saturated carbocycles. The number of hydrogen-bond acceptors (Lipinski definition) is 6. The van der Waals surface area contributed by atoms with Crippen molar-refractivity contribution in [2.45, 2.75) is 43.9 Å². The van der Waals surface area contributed by atoms with Gasteiger partial charge in [0.05, 0.1) is 12.6 Å². The average Bonchev–Trinajstić information content (AvgIpc) is 2.88. The standard InChI is InChI=1S/C13H14F3N3O3/c1-2-7-5-8(7)10-18-9(19-22-10)6-12(20,13(14,15)16)11-17-3-4-21-11/h3-4,7-8,20H,2,5-6H2,1H3/t7-,8-,12?/m1/s1. The van der Waals surface area contributed by atoms with Crippen LogP contribution in [0, 0.1) is 5.92 Å². The molecule has 0 aromatic carbocycles. The first kappa shape index (κ1) is 15.0. The Kier molecular flexibility index (Phi) is 3.47. The summed E-state index contributed by atoms with van der Waals surface area (Å²) < 4.78 is 49.3. The molecule has 0 saturated heterocycles. The normalized spacial score (nSPS) is 24.2. The van der Waals surface area contributed by atoms with Crippen LogP contribution in [0.3, 0.4) is 0 Å². The Morgan fingerprint density at radius 3 is 2.73 bits per heavy atom. The third-order valence-electron chi connectivity index (χ3n) is 3.92. The zero-order chi connectivity index (χ0) is 16.0. The second-order valence-electron chi connectivity index (χ2n) is 5.43. The van der Waals surface area contributed by atoms with Gasteiger partial charge < -0.3 is 14.0 Å². The van der Waals surface area contributed by atoms with Crippen molar-refractivity contribution in [2.75, 3.05) is 0 Å². The smallest absolute Gasteiger partial charge is 0.426 e. The fourth-order valence-corrected chi connectivity index (χ4v) is 2.44. The Bertz CT molecular complexity index is 640. The monoisotopic (exact) mass is 317 g/mol. The lowest BCUT2D eigenvalue weighted by Crippen LogP contribution is -2.44. The van der Waals surface area contributed by atoms with E-state index in [2.05, 4.69) is 19.5 Å². The number of halogens is 3. The number of rotatable bonds is 5. The number of aliphatic hydroxyl groups is 1. The summed E-state index contributed by atoms with van der Waals surface area (Å²) in [4.78, 5) is 7.38. The van der Waals surface area contributed by atoms with E-state index in [-0.39, 0.29) is 11.7 Å². The van der Waals surface area contributed by atoms with E-state index >= 15 is 0 Å². The molecule has 6 nitrogen and oxygen atoms in total. The van der Waals surface area contributed by atoms with Crippen molar-refractivity contribution < 1.29 is 27.2 Å². The number of hydrogen-bond donors (Lipinski definition) is 1. The molecule has 1 unspecified atom stereocenters. The van der Waals surface area contributed by atoms with Gasteiger partial charge in [-0.05, 0) is 12.3 Å². The second-order valence-corrected chi connectivity index (χ2v) is 5.43. The maximum atomic E-state index is 13.2. The highest BCUT2D eigenvalue weighted by Crippen LogP contribution is 2.49. The van der Waals surface area contributed by atoms with E-state index in [0.717, 1.165) is 25.3 Å². The number of alkyl halides is 3. The summed E-state index contributed by atoms with van der Waals surface area (Å²) in [7, 11) is 0. The van der Waals surface area contributed by atoms with Gasteiger partial charge in [-0.1, -0.05) is 18.5 Å². The Labute approximate surface area is 123 Å². The molecular weight excluding hydrogens is 303 g/mol. The van der Waals surface area contributed by atoms with Gasteiger partial charge in [-0.2, -0.15) is 18.2 Å². The summed E-state index contributed by atoms with van der Waals surface area (Å²) in [6.07, 6.45) is -2.06. The molecule has 3 atom stereocenters. The topological polar surface area (TPSA) is 85.2 Å². The average molecular weight is 317 g/mol. The summed E-state index contributed by atoms with van der Waals surface area (Å²) >= 11 is 0. The Hall–Kier alpha value is -1.90. The van der Waals surface area contributed by atoms with Crippen LogP contribution in [0.4, 0.5) is 13.2 Å². The molecule has 2 aromatic rings. The molecule has 1 fully saturated rings. The van der Waals surface area contributed by atoms with Crippen molar-refractivity contribution in [3.8, 4) is 0 Å². The van der Waals surface area contributed by atoms with Crippen molar-refractivity contribution in [1.29, 1.82) is 0 Å². The molecule has 1 aliphatic rings. The maximum Gasteiger partial charge on any atom is 0.426 e. The van der Waals surface area contributed by atoms with E-state index in [4.69, 9.17) is 4.52 Å². The quantitative estimate of drug-likeness (QED) is 0.912. The van der Waals surface area contributed by atoms with Crippen molar-refractivity contribution in [3.05, 3.63) is 30.1 Å². The van der Waals surface area contributed by atoms with Crippen LogP contribution in [0.5, 0.6) is 0 Å². The molecule has 120 valence electrons. The van der Waals surface area contributed by atoms with Gasteiger partial charge in [0, 0.05) is 5.92 Å². The minimum atomic E-state index is -4.98. The first-order chi connectivity index (χ1) is 10.3. The summed E-state index contributed by atoms with van der Waals surface area (Å²) in [5, 5.41) is 13.6. The minimum absolute atomic E-state index is 0.104.